The summed E-state index contributed by atoms with van der Waals surface area (Å²) in [7, 11) is 1.92. The maximum atomic E-state index is 12.5. The van der Waals surface area contributed by atoms with Crippen LogP contribution in [0.5, 0.6) is 0 Å². The first-order valence-corrected chi connectivity index (χ1v) is 9.37. The Bertz CT molecular complexity index is 546. The molecule has 3 rings (SSSR count). The Morgan fingerprint density at radius 3 is 2.67 bits per heavy atom. The van der Waals surface area contributed by atoms with Crippen molar-refractivity contribution in [1.29, 1.82) is 0 Å². The largest absolute Gasteiger partial charge is 0.340 e. The van der Waals surface area contributed by atoms with E-state index in [0.717, 1.165) is 25.0 Å². The van der Waals surface area contributed by atoms with Gasteiger partial charge in [-0.2, -0.15) is 0 Å². The van der Waals surface area contributed by atoms with Crippen molar-refractivity contribution in [3.05, 3.63) is 35.4 Å². The molecule has 4 nitrogen and oxygen atoms in total. The molecule has 4 heteroatoms. The molecule has 1 unspecified atom stereocenters. The number of nitrogens with one attached hydrogen (secondary N) is 1. The fourth-order valence-electron chi connectivity index (χ4n) is 4.07. The average Bonchev–Trinajstić information content (AvgIpc) is 3.12. The number of carbonyl (C=O) groups is 1. The maximum absolute atomic E-state index is 12.5. The highest BCUT2D eigenvalue weighted by molar-refractivity contribution is 5.78. The summed E-state index contributed by atoms with van der Waals surface area (Å²) in [6.07, 6.45) is 5.12. The molecular weight excluding hydrogens is 298 g/mol. The molecule has 0 saturated carbocycles. The van der Waals surface area contributed by atoms with E-state index in [4.69, 9.17) is 0 Å². The zero-order valence-corrected chi connectivity index (χ0v) is 15.1. The lowest BCUT2D eigenvalue weighted by Gasteiger charge is -2.35. The third kappa shape index (κ3) is 4.37. The quantitative estimate of drug-likeness (QED) is 0.901. The Kier molecular flexibility index (Phi) is 5.90. The van der Waals surface area contributed by atoms with Crippen LogP contribution in [0.4, 0.5) is 0 Å². The molecule has 1 atom stereocenters. The third-order valence-electron chi connectivity index (χ3n) is 5.75. The number of nitrogens with zero attached hydrogens (tertiary/aromatic N) is 2. The summed E-state index contributed by atoms with van der Waals surface area (Å²) < 4.78 is 0. The van der Waals surface area contributed by atoms with Gasteiger partial charge in [0.1, 0.15) is 0 Å². The molecule has 24 heavy (non-hydrogen) atoms. The molecule has 2 aliphatic rings. The van der Waals surface area contributed by atoms with Crippen molar-refractivity contribution in [3.63, 3.8) is 0 Å². The number of benzene rings is 1. The number of aryl methyl sites for hydroxylation is 1. The van der Waals surface area contributed by atoms with Crippen molar-refractivity contribution in [3.8, 4) is 0 Å². The van der Waals surface area contributed by atoms with Crippen LogP contribution in [0.3, 0.4) is 0 Å². The number of piperidine rings is 1. The van der Waals surface area contributed by atoms with Gasteiger partial charge in [-0.15, -0.1) is 0 Å². The minimum Gasteiger partial charge on any atom is -0.340 e. The van der Waals surface area contributed by atoms with Crippen LogP contribution in [0.15, 0.2) is 24.3 Å². The fraction of sp³-hybridized carbons (Fsp3) is 0.650. The molecular formula is C20H31N3O. The summed E-state index contributed by atoms with van der Waals surface area (Å²) >= 11 is 0. The first-order valence-electron chi connectivity index (χ1n) is 9.37. The molecule has 0 aliphatic carbocycles. The van der Waals surface area contributed by atoms with Gasteiger partial charge in [0, 0.05) is 19.6 Å². The first-order chi connectivity index (χ1) is 11.6. The molecule has 2 aliphatic heterocycles. The number of carbonyl (C=O) groups excluding carboxylic acids is 1. The highest BCUT2D eigenvalue weighted by Crippen LogP contribution is 2.25. The monoisotopic (exact) mass is 329 g/mol. The number of likely N-dealkylation sites (N-methyl/N-ethyl adjacent to an activating group) is 1. The van der Waals surface area contributed by atoms with Gasteiger partial charge in [0.25, 0.3) is 0 Å². The number of amides is 1. The Balaban J connectivity index is 1.44. The second-order valence-electron chi connectivity index (χ2n) is 7.49. The molecule has 1 aromatic rings. The lowest BCUT2D eigenvalue weighted by atomic mass is 9.88. The summed E-state index contributed by atoms with van der Waals surface area (Å²) in [6, 6.07) is 9.04. The van der Waals surface area contributed by atoms with Crippen molar-refractivity contribution in [1.82, 2.24) is 15.1 Å². The summed E-state index contributed by atoms with van der Waals surface area (Å²) in [4.78, 5) is 16.7. The van der Waals surface area contributed by atoms with E-state index in [1.165, 1.54) is 43.4 Å². The smallest absolute Gasteiger partial charge is 0.236 e. The molecule has 132 valence electrons. The molecule has 2 saturated heterocycles. The van der Waals surface area contributed by atoms with E-state index in [9.17, 15) is 4.79 Å². The van der Waals surface area contributed by atoms with E-state index < -0.39 is 0 Å². The Morgan fingerprint density at radius 2 is 2.00 bits per heavy atom. The lowest BCUT2D eigenvalue weighted by Crippen LogP contribution is -2.45. The summed E-state index contributed by atoms with van der Waals surface area (Å²) in [5, 5.41) is 3.64. The van der Waals surface area contributed by atoms with Gasteiger partial charge in [-0.1, -0.05) is 24.3 Å². The van der Waals surface area contributed by atoms with Gasteiger partial charge in [-0.3, -0.25) is 9.69 Å². The van der Waals surface area contributed by atoms with Gasteiger partial charge in [-0.05, 0) is 69.3 Å². The number of likely N-dealkylation sites (tertiary alicyclic amines) is 1. The first kappa shape index (κ1) is 17.4. The summed E-state index contributed by atoms with van der Waals surface area (Å²) in [5.41, 5.74) is 2.49. The van der Waals surface area contributed by atoms with Crippen molar-refractivity contribution >= 4 is 5.91 Å². The van der Waals surface area contributed by atoms with Crippen LogP contribution in [-0.2, 0) is 11.3 Å². The van der Waals surface area contributed by atoms with Crippen LogP contribution in [0.2, 0.25) is 0 Å². The van der Waals surface area contributed by atoms with Gasteiger partial charge < -0.3 is 10.2 Å². The van der Waals surface area contributed by atoms with E-state index >= 15 is 0 Å². The van der Waals surface area contributed by atoms with E-state index in [2.05, 4.69) is 29.3 Å². The van der Waals surface area contributed by atoms with E-state index in [0.29, 0.717) is 13.1 Å². The molecule has 1 aromatic carbocycles. The molecule has 1 N–H and O–H groups in total. The standard InChI is InChI=1S/C20H31N3O/c1-16-6-3-4-7-18(16)14-22(2)20(24)15-23-12-9-17(10-13-23)19-8-5-11-21-19/h3-4,6-7,17,19,21H,5,8-15H2,1-2H3. The second-order valence-corrected chi connectivity index (χ2v) is 7.49. The second kappa shape index (κ2) is 8.13. The molecule has 1 amide bonds. The predicted octanol–water partition coefficient (Wildman–Crippen LogP) is 2.42. The molecule has 0 radical (unpaired) electrons. The van der Waals surface area contributed by atoms with Crippen molar-refractivity contribution < 1.29 is 4.79 Å². The Labute approximate surface area is 146 Å². The molecule has 2 heterocycles. The van der Waals surface area contributed by atoms with Crippen LogP contribution >= 0.6 is 0 Å². The Morgan fingerprint density at radius 1 is 1.25 bits per heavy atom. The van der Waals surface area contributed by atoms with Crippen molar-refractivity contribution in [2.75, 3.05) is 33.2 Å². The van der Waals surface area contributed by atoms with Gasteiger partial charge in [0.15, 0.2) is 0 Å². The molecule has 2 fully saturated rings. The topological polar surface area (TPSA) is 35.6 Å². The zero-order valence-electron chi connectivity index (χ0n) is 15.1. The molecule has 0 bridgehead atoms. The van der Waals surface area contributed by atoms with E-state index in [1.54, 1.807) is 0 Å². The third-order valence-corrected chi connectivity index (χ3v) is 5.75. The average molecular weight is 329 g/mol. The highest BCUT2D eigenvalue weighted by atomic mass is 16.2. The molecule has 0 spiro atoms. The van der Waals surface area contributed by atoms with E-state index in [-0.39, 0.29) is 5.91 Å². The predicted molar refractivity (Wildman–Crippen MR) is 97.8 cm³/mol. The number of hydrogen-bond acceptors (Lipinski definition) is 3. The van der Waals surface area contributed by atoms with Gasteiger partial charge in [0.05, 0.1) is 6.54 Å². The van der Waals surface area contributed by atoms with Crippen LogP contribution in [0, 0.1) is 12.8 Å². The SMILES string of the molecule is Cc1ccccc1CN(C)C(=O)CN1CCC(C2CCCN2)CC1. The maximum Gasteiger partial charge on any atom is 0.236 e. The van der Waals surface area contributed by atoms with Crippen LogP contribution < -0.4 is 5.32 Å². The summed E-state index contributed by atoms with van der Waals surface area (Å²) in [5.74, 6) is 1.04. The minimum atomic E-state index is 0.232. The Hall–Kier alpha value is -1.39. The van der Waals surface area contributed by atoms with Crippen molar-refractivity contribution in [2.24, 2.45) is 5.92 Å². The van der Waals surface area contributed by atoms with Gasteiger partial charge in [0.2, 0.25) is 5.91 Å². The number of rotatable bonds is 5. The highest BCUT2D eigenvalue weighted by Gasteiger charge is 2.29. The normalized spacial score (nSPS) is 22.7. The van der Waals surface area contributed by atoms with Crippen LogP contribution in [0.1, 0.15) is 36.8 Å². The lowest BCUT2D eigenvalue weighted by molar-refractivity contribution is -0.132. The number of hydrogen-bond donors (Lipinski definition) is 1. The van der Waals surface area contributed by atoms with Gasteiger partial charge >= 0.3 is 0 Å². The minimum absolute atomic E-state index is 0.232. The van der Waals surface area contributed by atoms with Crippen LogP contribution in [-0.4, -0.2) is 55.0 Å². The van der Waals surface area contributed by atoms with Gasteiger partial charge in [-0.25, -0.2) is 0 Å². The summed E-state index contributed by atoms with van der Waals surface area (Å²) in [6.45, 7) is 6.68. The van der Waals surface area contributed by atoms with Crippen molar-refractivity contribution in [2.45, 2.75) is 45.2 Å². The zero-order chi connectivity index (χ0) is 16.9. The van der Waals surface area contributed by atoms with Crippen LogP contribution in [0.25, 0.3) is 0 Å². The molecule has 0 aromatic heterocycles. The van der Waals surface area contributed by atoms with E-state index in [1.807, 2.05) is 24.1 Å². The fourth-order valence-corrected chi connectivity index (χ4v) is 4.07.